The van der Waals surface area contributed by atoms with E-state index in [9.17, 15) is 4.39 Å². The number of imidazole rings is 1. The summed E-state index contributed by atoms with van der Waals surface area (Å²) in [6.07, 6.45) is 0.674. The second-order valence-electron chi connectivity index (χ2n) is 4.11. The molecule has 0 aliphatic carbocycles. The maximum Gasteiger partial charge on any atom is 0.165 e. The molecule has 0 radical (unpaired) electrons. The van der Waals surface area contributed by atoms with Crippen LogP contribution in [0.2, 0.25) is 0 Å². The Morgan fingerprint density at radius 1 is 1.47 bits per heavy atom. The lowest BCUT2D eigenvalue weighted by Crippen LogP contribution is -2.08. The van der Waals surface area contributed by atoms with Crippen molar-refractivity contribution in [1.29, 1.82) is 0 Å². The van der Waals surface area contributed by atoms with Gasteiger partial charge in [0.05, 0.1) is 12.8 Å². The molecule has 0 aliphatic heterocycles. The monoisotopic (exact) mass is 327 g/mol. The molecule has 0 unspecified atom stereocenters. The van der Waals surface area contributed by atoms with Gasteiger partial charge in [-0.1, -0.05) is 0 Å². The summed E-state index contributed by atoms with van der Waals surface area (Å²) in [7, 11) is 3.33. The van der Waals surface area contributed by atoms with Crippen molar-refractivity contribution in [2.75, 3.05) is 13.7 Å². The number of nitrogens with zero attached hydrogens (tertiary/aromatic N) is 2. The smallest absolute Gasteiger partial charge is 0.165 e. The van der Waals surface area contributed by atoms with Gasteiger partial charge in [0.15, 0.2) is 11.6 Å². The van der Waals surface area contributed by atoms with E-state index < -0.39 is 5.82 Å². The molecule has 19 heavy (non-hydrogen) atoms. The van der Waals surface area contributed by atoms with Crippen LogP contribution < -0.4 is 10.5 Å². The van der Waals surface area contributed by atoms with Crippen LogP contribution in [0.4, 0.5) is 4.39 Å². The molecule has 1 heterocycles. The number of ether oxygens (including phenoxy) is 1. The molecule has 1 aromatic carbocycles. The van der Waals surface area contributed by atoms with E-state index in [0.717, 1.165) is 17.1 Å². The fraction of sp³-hybridized carbons (Fsp3) is 0.308. The second-order valence-corrected chi connectivity index (χ2v) is 4.87. The van der Waals surface area contributed by atoms with Crippen molar-refractivity contribution in [1.82, 2.24) is 9.55 Å². The Kier molecular flexibility index (Phi) is 4.21. The van der Waals surface area contributed by atoms with E-state index in [0.29, 0.717) is 17.6 Å². The van der Waals surface area contributed by atoms with E-state index >= 15 is 0 Å². The lowest BCUT2D eigenvalue weighted by molar-refractivity contribution is 0.386. The number of halogens is 2. The maximum atomic E-state index is 13.8. The standard InChI is InChI=1S/C13H15BrFN3O/c1-18-11(5-6-16)17-13(14)12(18)8-3-4-10(19-2)9(15)7-8/h3-4,7H,5-6,16H2,1-2H3. The molecule has 2 N–H and O–H groups in total. The molecule has 2 aromatic rings. The molecule has 4 nitrogen and oxygen atoms in total. The highest BCUT2D eigenvalue weighted by molar-refractivity contribution is 9.10. The quantitative estimate of drug-likeness (QED) is 0.938. The van der Waals surface area contributed by atoms with Gasteiger partial charge in [-0.2, -0.15) is 0 Å². The van der Waals surface area contributed by atoms with Crippen LogP contribution in [0.25, 0.3) is 11.3 Å². The molecule has 2 rings (SSSR count). The summed E-state index contributed by atoms with van der Waals surface area (Å²) < 4.78 is 21.3. The second kappa shape index (κ2) is 5.71. The first-order valence-electron chi connectivity index (χ1n) is 5.83. The first kappa shape index (κ1) is 14.0. The van der Waals surface area contributed by atoms with Gasteiger partial charge in [-0.15, -0.1) is 0 Å². The third kappa shape index (κ3) is 2.64. The van der Waals surface area contributed by atoms with E-state index in [1.165, 1.54) is 13.2 Å². The lowest BCUT2D eigenvalue weighted by Gasteiger charge is -2.08. The minimum absolute atomic E-state index is 0.226. The summed E-state index contributed by atoms with van der Waals surface area (Å²) >= 11 is 3.41. The van der Waals surface area contributed by atoms with Crippen molar-refractivity contribution in [2.45, 2.75) is 6.42 Å². The predicted octanol–water partition coefficient (Wildman–Crippen LogP) is 2.50. The third-order valence-electron chi connectivity index (χ3n) is 2.94. The van der Waals surface area contributed by atoms with Gasteiger partial charge in [-0.3, -0.25) is 0 Å². The van der Waals surface area contributed by atoms with Crippen molar-refractivity contribution in [3.05, 3.63) is 34.4 Å². The van der Waals surface area contributed by atoms with Crippen molar-refractivity contribution in [2.24, 2.45) is 12.8 Å². The fourth-order valence-electron chi connectivity index (χ4n) is 1.99. The van der Waals surface area contributed by atoms with Crippen molar-refractivity contribution < 1.29 is 9.13 Å². The Labute approximate surface area is 119 Å². The largest absolute Gasteiger partial charge is 0.494 e. The van der Waals surface area contributed by atoms with E-state index in [-0.39, 0.29) is 5.75 Å². The van der Waals surface area contributed by atoms with E-state index in [4.69, 9.17) is 10.5 Å². The Hall–Kier alpha value is -1.40. The van der Waals surface area contributed by atoms with Crippen LogP contribution in [-0.2, 0) is 13.5 Å². The highest BCUT2D eigenvalue weighted by atomic mass is 79.9. The van der Waals surface area contributed by atoms with Crippen LogP contribution in [0.1, 0.15) is 5.82 Å². The fourth-order valence-corrected chi connectivity index (χ4v) is 2.69. The van der Waals surface area contributed by atoms with E-state index in [2.05, 4.69) is 20.9 Å². The Morgan fingerprint density at radius 3 is 2.79 bits per heavy atom. The molecule has 0 aliphatic rings. The minimum Gasteiger partial charge on any atom is -0.494 e. The molecule has 0 saturated carbocycles. The highest BCUT2D eigenvalue weighted by Gasteiger charge is 2.15. The molecular formula is C13H15BrFN3O. The first-order chi connectivity index (χ1) is 9.08. The van der Waals surface area contributed by atoms with Crippen LogP contribution >= 0.6 is 15.9 Å². The number of benzene rings is 1. The minimum atomic E-state index is -0.395. The number of rotatable bonds is 4. The van der Waals surface area contributed by atoms with Crippen LogP contribution in [0.15, 0.2) is 22.8 Å². The van der Waals surface area contributed by atoms with Crippen LogP contribution in [-0.4, -0.2) is 23.2 Å². The van der Waals surface area contributed by atoms with Crippen molar-refractivity contribution >= 4 is 15.9 Å². The van der Waals surface area contributed by atoms with Gasteiger partial charge in [-0.05, 0) is 40.7 Å². The zero-order valence-electron chi connectivity index (χ0n) is 10.8. The van der Waals surface area contributed by atoms with Gasteiger partial charge >= 0.3 is 0 Å². The van der Waals surface area contributed by atoms with Gasteiger partial charge in [-0.25, -0.2) is 9.37 Å². The molecule has 0 fully saturated rings. The summed E-state index contributed by atoms with van der Waals surface area (Å²) in [4.78, 5) is 4.39. The molecule has 0 bridgehead atoms. The Balaban J connectivity index is 2.49. The average molecular weight is 328 g/mol. The molecule has 6 heteroatoms. The summed E-state index contributed by atoms with van der Waals surface area (Å²) in [6.45, 7) is 0.522. The SMILES string of the molecule is COc1ccc(-c2c(Br)nc(CCN)n2C)cc1F. The summed E-state index contributed by atoms with van der Waals surface area (Å²) in [5.74, 6) is 0.693. The number of hydrogen-bond donors (Lipinski definition) is 1. The Bertz CT molecular complexity index is 598. The van der Waals surface area contributed by atoms with Crippen LogP contribution in [0.3, 0.4) is 0 Å². The topological polar surface area (TPSA) is 53.1 Å². The van der Waals surface area contributed by atoms with Gasteiger partial charge in [0.1, 0.15) is 10.4 Å². The molecular weight excluding hydrogens is 313 g/mol. The van der Waals surface area contributed by atoms with Gasteiger partial charge < -0.3 is 15.0 Å². The van der Waals surface area contributed by atoms with Crippen molar-refractivity contribution in [3.63, 3.8) is 0 Å². The molecule has 0 atom stereocenters. The summed E-state index contributed by atoms with van der Waals surface area (Å²) in [6, 6.07) is 4.84. The Morgan fingerprint density at radius 2 is 2.21 bits per heavy atom. The lowest BCUT2D eigenvalue weighted by atomic mass is 10.1. The third-order valence-corrected chi connectivity index (χ3v) is 3.49. The number of aromatic nitrogens is 2. The van der Waals surface area contributed by atoms with Gasteiger partial charge in [0, 0.05) is 19.0 Å². The van der Waals surface area contributed by atoms with Crippen molar-refractivity contribution in [3.8, 4) is 17.0 Å². The maximum absolute atomic E-state index is 13.8. The number of methoxy groups -OCH3 is 1. The van der Waals surface area contributed by atoms with Gasteiger partial charge in [0.25, 0.3) is 0 Å². The first-order valence-corrected chi connectivity index (χ1v) is 6.62. The normalized spacial score (nSPS) is 10.8. The summed E-state index contributed by atoms with van der Waals surface area (Å²) in [5, 5.41) is 0. The van der Waals surface area contributed by atoms with Crippen LogP contribution in [0, 0.1) is 5.82 Å². The number of hydrogen-bond acceptors (Lipinski definition) is 3. The molecule has 0 spiro atoms. The zero-order valence-corrected chi connectivity index (χ0v) is 12.4. The molecule has 1 aromatic heterocycles. The van der Waals surface area contributed by atoms with E-state index in [1.807, 2.05) is 11.6 Å². The summed E-state index contributed by atoms with van der Waals surface area (Å²) in [5.41, 5.74) is 7.11. The number of nitrogens with two attached hydrogens (primary N) is 1. The zero-order chi connectivity index (χ0) is 14.0. The van der Waals surface area contributed by atoms with Gasteiger partial charge in [0.2, 0.25) is 0 Å². The average Bonchev–Trinajstić information content (AvgIpc) is 2.65. The van der Waals surface area contributed by atoms with E-state index in [1.54, 1.807) is 12.1 Å². The molecule has 0 saturated heterocycles. The van der Waals surface area contributed by atoms with Crippen LogP contribution in [0.5, 0.6) is 5.75 Å². The predicted molar refractivity (Wildman–Crippen MR) is 75.6 cm³/mol. The highest BCUT2D eigenvalue weighted by Crippen LogP contribution is 2.31. The molecule has 102 valence electrons. The molecule has 0 amide bonds.